The van der Waals surface area contributed by atoms with Crippen LogP contribution in [0.4, 0.5) is 11.9 Å². The number of morpholine rings is 1. The van der Waals surface area contributed by atoms with Gasteiger partial charge in [-0.2, -0.15) is 15.0 Å². The Hall–Kier alpha value is -1.51. The molecule has 0 saturated carbocycles. The van der Waals surface area contributed by atoms with Gasteiger partial charge in [-0.15, -0.1) is 0 Å². The van der Waals surface area contributed by atoms with E-state index in [0.29, 0.717) is 25.6 Å². The van der Waals surface area contributed by atoms with Crippen LogP contribution in [0.25, 0.3) is 0 Å². The molecule has 1 aliphatic heterocycles. The fourth-order valence-corrected chi connectivity index (χ4v) is 1.77. The summed E-state index contributed by atoms with van der Waals surface area (Å²) in [5.41, 5.74) is 11.0. The summed E-state index contributed by atoms with van der Waals surface area (Å²) < 4.78 is 5.28. The molecule has 1 fully saturated rings. The molecule has 1 unspecified atom stereocenters. The first-order valence-corrected chi connectivity index (χ1v) is 5.37. The summed E-state index contributed by atoms with van der Waals surface area (Å²) in [6.45, 7) is 2.37. The van der Waals surface area contributed by atoms with Crippen molar-refractivity contribution in [1.29, 1.82) is 0 Å². The minimum absolute atomic E-state index is 0.0377. The smallest absolute Gasteiger partial charge is 0.225 e. The molecule has 0 radical (unpaired) electrons. The number of aliphatic hydroxyl groups is 1. The van der Waals surface area contributed by atoms with Gasteiger partial charge in [-0.25, -0.2) is 0 Å². The predicted molar refractivity (Wildman–Crippen MR) is 60.8 cm³/mol. The number of hydrogen-bond acceptors (Lipinski definition) is 8. The maximum atomic E-state index is 9.22. The standard InChI is InChI=1S/C9H16N6O2/c10-8-12-7(13-9(11)14-8)3-15-1-2-17-5-6(15)4-16/h6,16H,1-5H2,(H4,10,11,12,13,14). The minimum Gasteiger partial charge on any atom is -0.395 e. The van der Waals surface area contributed by atoms with E-state index < -0.39 is 0 Å². The van der Waals surface area contributed by atoms with Crippen molar-refractivity contribution in [3.05, 3.63) is 5.82 Å². The Labute approximate surface area is 98.6 Å². The Morgan fingerprint density at radius 2 is 2.00 bits per heavy atom. The Morgan fingerprint density at radius 1 is 1.29 bits per heavy atom. The molecule has 8 heteroatoms. The minimum atomic E-state index is -0.0389. The summed E-state index contributed by atoms with van der Waals surface area (Å²) in [6, 6.07) is -0.0389. The van der Waals surface area contributed by atoms with E-state index in [0.717, 1.165) is 6.54 Å². The molecule has 5 N–H and O–H groups in total. The van der Waals surface area contributed by atoms with Crippen LogP contribution < -0.4 is 11.5 Å². The lowest BCUT2D eigenvalue weighted by atomic mass is 10.2. The molecule has 2 rings (SSSR count). The fourth-order valence-electron chi connectivity index (χ4n) is 1.77. The molecule has 0 amide bonds. The highest BCUT2D eigenvalue weighted by atomic mass is 16.5. The van der Waals surface area contributed by atoms with Gasteiger partial charge in [0.2, 0.25) is 11.9 Å². The van der Waals surface area contributed by atoms with E-state index in [1.165, 1.54) is 0 Å². The number of aliphatic hydroxyl groups excluding tert-OH is 1. The average Bonchev–Trinajstić information content (AvgIpc) is 2.28. The van der Waals surface area contributed by atoms with Crippen molar-refractivity contribution in [2.75, 3.05) is 37.8 Å². The second-order valence-corrected chi connectivity index (χ2v) is 3.85. The van der Waals surface area contributed by atoms with E-state index in [9.17, 15) is 5.11 Å². The Morgan fingerprint density at radius 3 is 2.65 bits per heavy atom. The second-order valence-electron chi connectivity index (χ2n) is 3.85. The summed E-state index contributed by atoms with van der Waals surface area (Å²) in [5.74, 6) is 0.734. The van der Waals surface area contributed by atoms with Crippen LogP contribution in [0.5, 0.6) is 0 Å². The molecule has 1 saturated heterocycles. The third-order valence-corrected chi connectivity index (χ3v) is 2.62. The van der Waals surface area contributed by atoms with Crippen LogP contribution in [0.2, 0.25) is 0 Å². The monoisotopic (exact) mass is 240 g/mol. The number of nitrogens with two attached hydrogens (primary N) is 2. The molecule has 2 heterocycles. The highest BCUT2D eigenvalue weighted by molar-refractivity contribution is 5.25. The third kappa shape index (κ3) is 2.99. The molecule has 8 nitrogen and oxygen atoms in total. The molecule has 0 spiro atoms. The molecule has 1 aromatic rings. The van der Waals surface area contributed by atoms with Crippen LogP contribution in [0.1, 0.15) is 5.82 Å². The van der Waals surface area contributed by atoms with Crippen molar-refractivity contribution < 1.29 is 9.84 Å². The van der Waals surface area contributed by atoms with Crippen LogP contribution >= 0.6 is 0 Å². The van der Waals surface area contributed by atoms with Crippen molar-refractivity contribution in [3.63, 3.8) is 0 Å². The van der Waals surface area contributed by atoms with Gasteiger partial charge in [-0.3, -0.25) is 4.90 Å². The van der Waals surface area contributed by atoms with Gasteiger partial charge in [0.25, 0.3) is 0 Å². The van der Waals surface area contributed by atoms with Gasteiger partial charge in [0, 0.05) is 6.54 Å². The summed E-state index contributed by atoms with van der Waals surface area (Å²) in [5, 5.41) is 9.22. The molecular formula is C9H16N6O2. The largest absolute Gasteiger partial charge is 0.395 e. The second kappa shape index (κ2) is 5.21. The topological polar surface area (TPSA) is 123 Å². The number of aromatic nitrogens is 3. The van der Waals surface area contributed by atoms with Crippen molar-refractivity contribution >= 4 is 11.9 Å². The Bertz CT molecular complexity index is 367. The van der Waals surface area contributed by atoms with E-state index >= 15 is 0 Å². The summed E-state index contributed by atoms with van der Waals surface area (Å²) in [4.78, 5) is 13.8. The highest BCUT2D eigenvalue weighted by Gasteiger charge is 2.23. The quantitative estimate of drug-likeness (QED) is 0.567. The van der Waals surface area contributed by atoms with Crippen LogP contribution in [0.3, 0.4) is 0 Å². The number of nitrogens with zero attached hydrogens (tertiary/aromatic N) is 4. The van der Waals surface area contributed by atoms with Gasteiger partial charge in [-0.05, 0) is 0 Å². The van der Waals surface area contributed by atoms with E-state index in [1.807, 2.05) is 4.90 Å². The maximum absolute atomic E-state index is 9.22. The predicted octanol–water partition coefficient (Wildman–Crippen LogP) is -1.77. The van der Waals surface area contributed by atoms with Crippen molar-refractivity contribution in [3.8, 4) is 0 Å². The maximum Gasteiger partial charge on any atom is 0.225 e. The number of nitrogen functional groups attached to an aromatic ring is 2. The molecule has 0 bridgehead atoms. The van der Waals surface area contributed by atoms with E-state index in [-0.39, 0.29) is 24.5 Å². The zero-order chi connectivity index (χ0) is 12.3. The number of rotatable bonds is 3. The fraction of sp³-hybridized carbons (Fsp3) is 0.667. The Balaban J connectivity index is 2.08. The van der Waals surface area contributed by atoms with Crippen LogP contribution in [0.15, 0.2) is 0 Å². The summed E-state index contributed by atoms with van der Waals surface area (Å²) in [7, 11) is 0. The van der Waals surface area contributed by atoms with Crippen molar-refractivity contribution in [1.82, 2.24) is 19.9 Å². The molecule has 0 aromatic carbocycles. The first-order valence-electron chi connectivity index (χ1n) is 5.37. The molecule has 1 atom stereocenters. The van der Waals surface area contributed by atoms with Gasteiger partial charge >= 0.3 is 0 Å². The number of ether oxygens (including phenoxy) is 1. The summed E-state index contributed by atoms with van der Waals surface area (Å²) >= 11 is 0. The lowest BCUT2D eigenvalue weighted by Crippen LogP contribution is -2.47. The first-order chi connectivity index (χ1) is 8.19. The van der Waals surface area contributed by atoms with Gasteiger partial charge in [0.15, 0.2) is 0 Å². The number of anilines is 2. The van der Waals surface area contributed by atoms with Gasteiger partial charge in [-0.1, -0.05) is 0 Å². The zero-order valence-corrected chi connectivity index (χ0v) is 9.41. The van der Waals surface area contributed by atoms with E-state index in [4.69, 9.17) is 16.2 Å². The van der Waals surface area contributed by atoms with Gasteiger partial charge < -0.3 is 21.3 Å². The van der Waals surface area contributed by atoms with Crippen LogP contribution in [-0.2, 0) is 11.3 Å². The van der Waals surface area contributed by atoms with Crippen molar-refractivity contribution in [2.24, 2.45) is 0 Å². The Kier molecular flexibility index (Phi) is 3.67. The first kappa shape index (κ1) is 12.0. The molecular weight excluding hydrogens is 224 g/mol. The van der Waals surface area contributed by atoms with Crippen molar-refractivity contribution in [2.45, 2.75) is 12.6 Å². The third-order valence-electron chi connectivity index (χ3n) is 2.62. The van der Waals surface area contributed by atoms with E-state index in [1.54, 1.807) is 0 Å². The number of hydrogen-bond donors (Lipinski definition) is 3. The SMILES string of the molecule is Nc1nc(N)nc(CN2CCOCC2CO)n1. The average molecular weight is 240 g/mol. The van der Waals surface area contributed by atoms with Crippen LogP contribution in [0, 0.1) is 0 Å². The molecule has 1 aliphatic rings. The van der Waals surface area contributed by atoms with Gasteiger partial charge in [0.05, 0.1) is 32.4 Å². The summed E-state index contributed by atoms with van der Waals surface area (Å²) in [6.07, 6.45) is 0. The molecule has 0 aliphatic carbocycles. The lowest BCUT2D eigenvalue weighted by molar-refractivity contribution is -0.0322. The van der Waals surface area contributed by atoms with E-state index in [2.05, 4.69) is 15.0 Å². The molecule has 1 aromatic heterocycles. The highest BCUT2D eigenvalue weighted by Crippen LogP contribution is 2.10. The molecule has 17 heavy (non-hydrogen) atoms. The lowest BCUT2D eigenvalue weighted by Gasteiger charge is -2.33. The normalized spacial score (nSPS) is 21.6. The van der Waals surface area contributed by atoms with Crippen LogP contribution in [-0.4, -0.2) is 57.4 Å². The van der Waals surface area contributed by atoms with Gasteiger partial charge in [0.1, 0.15) is 5.82 Å². The zero-order valence-electron chi connectivity index (χ0n) is 9.41. The molecule has 94 valence electrons.